The summed E-state index contributed by atoms with van der Waals surface area (Å²) < 4.78 is 11.4. The minimum absolute atomic E-state index is 0.159. The van der Waals surface area contributed by atoms with Crippen molar-refractivity contribution in [2.24, 2.45) is 5.41 Å². The Bertz CT molecular complexity index is 672. The lowest BCUT2D eigenvalue weighted by Gasteiger charge is -2.33. The Kier molecular flexibility index (Phi) is 8.53. The molecular formula is C25H37NO2. The molecule has 0 amide bonds. The summed E-state index contributed by atoms with van der Waals surface area (Å²) in [5, 5.41) is 3.38. The molecule has 154 valence electrons. The van der Waals surface area contributed by atoms with Gasteiger partial charge in [0.1, 0.15) is 12.4 Å². The fourth-order valence-electron chi connectivity index (χ4n) is 3.72. The van der Waals surface area contributed by atoms with E-state index in [2.05, 4.69) is 88.5 Å². The van der Waals surface area contributed by atoms with Gasteiger partial charge in [0.15, 0.2) is 0 Å². The average molecular weight is 384 g/mol. The first-order valence-electron chi connectivity index (χ1n) is 10.3. The monoisotopic (exact) mass is 383 g/mol. The van der Waals surface area contributed by atoms with E-state index in [9.17, 15) is 0 Å². The molecule has 0 spiro atoms. The lowest BCUT2D eigenvalue weighted by atomic mass is 9.72. The van der Waals surface area contributed by atoms with E-state index in [4.69, 9.17) is 9.47 Å². The molecule has 0 bridgehead atoms. The Morgan fingerprint density at radius 3 is 2.11 bits per heavy atom. The molecule has 0 radical (unpaired) electrons. The van der Waals surface area contributed by atoms with Gasteiger partial charge in [-0.15, -0.1) is 0 Å². The Labute approximate surface area is 171 Å². The predicted octanol–water partition coefficient (Wildman–Crippen LogP) is 5.59. The van der Waals surface area contributed by atoms with Gasteiger partial charge < -0.3 is 14.8 Å². The van der Waals surface area contributed by atoms with Crippen LogP contribution in [0.3, 0.4) is 0 Å². The minimum atomic E-state index is 0.159. The topological polar surface area (TPSA) is 30.5 Å². The first-order valence-corrected chi connectivity index (χ1v) is 10.3. The fourth-order valence-corrected chi connectivity index (χ4v) is 3.72. The van der Waals surface area contributed by atoms with E-state index in [1.165, 1.54) is 11.1 Å². The highest BCUT2D eigenvalue weighted by molar-refractivity contribution is 5.31. The average Bonchev–Trinajstić information content (AvgIpc) is 2.63. The van der Waals surface area contributed by atoms with E-state index >= 15 is 0 Å². The van der Waals surface area contributed by atoms with Gasteiger partial charge in [-0.25, -0.2) is 0 Å². The van der Waals surface area contributed by atoms with E-state index in [0.717, 1.165) is 25.3 Å². The molecule has 0 unspecified atom stereocenters. The van der Waals surface area contributed by atoms with Crippen molar-refractivity contribution in [3.63, 3.8) is 0 Å². The molecule has 3 nitrogen and oxygen atoms in total. The molecule has 2 aromatic rings. The van der Waals surface area contributed by atoms with Gasteiger partial charge in [-0.3, -0.25) is 0 Å². The van der Waals surface area contributed by atoms with Gasteiger partial charge in [-0.1, -0.05) is 77.1 Å². The van der Waals surface area contributed by atoms with E-state index < -0.39 is 0 Å². The van der Waals surface area contributed by atoms with Crippen molar-refractivity contribution in [3.05, 3.63) is 65.7 Å². The number of ether oxygens (including phenoxy) is 2. The van der Waals surface area contributed by atoms with Gasteiger partial charge in [0.2, 0.25) is 0 Å². The molecule has 2 rings (SSSR count). The maximum absolute atomic E-state index is 5.81. The third-order valence-corrected chi connectivity index (χ3v) is 4.70. The second-order valence-corrected chi connectivity index (χ2v) is 9.27. The van der Waals surface area contributed by atoms with Crippen LogP contribution in [0.25, 0.3) is 0 Å². The maximum atomic E-state index is 5.81. The molecule has 0 fully saturated rings. The SMILES string of the molecule is CC(C)(C)CC(C)(C)c1ccc(OCCOCCNCc2ccccc2)cc1. The van der Waals surface area contributed by atoms with Crippen molar-refractivity contribution in [1.29, 1.82) is 0 Å². The highest BCUT2D eigenvalue weighted by Crippen LogP contribution is 2.36. The van der Waals surface area contributed by atoms with E-state index in [1.54, 1.807) is 0 Å². The zero-order valence-corrected chi connectivity index (χ0v) is 18.3. The molecule has 0 aliphatic carbocycles. The summed E-state index contributed by atoms with van der Waals surface area (Å²) in [6.07, 6.45) is 1.15. The first-order chi connectivity index (χ1) is 13.3. The van der Waals surface area contributed by atoms with E-state index in [0.29, 0.717) is 25.2 Å². The summed E-state index contributed by atoms with van der Waals surface area (Å²) in [6.45, 7) is 15.1. The molecule has 0 aliphatic heterocycles. The standard InChI is InChI=1S/C25H37NO2/c1-24(2,3)20-25(4,5)22-11-13-23(14-12-22)28-18-17-27-16-15-26-19-21-9-7-6-8-10-21/h6-14,26H,15-20H2,1-5H3. The summed E-state index contributed by atoms with van der Waals surface area (Å²) in [6, 6.07) is 18.9. The second-order valence-electron chi connectivity index (χ2n) is 9.27. The zero-order valence-electron chi connectivity index (χ0n) is 18.3. The van der Waals surface area contributed by atoms with Crippen LogP contribution in [-0.2, 0) is 16.7 Å². The summed E-state index contributed by atoms with van der Waals surface area (Å²) in [5.41, 5.74) is 3.12. The van der Waals surface area contributed by atoms with Crippen LogP contribution in [0.15, 0.2) is 54.6 Å². The Morgan fingerprint density at radius 2 is 1.46 bits per heavy atom. The molecule has 0 saturated carbocycles. The van der Waals surface area contributed by atoms with E-state index in [-0.39, 0.29) is 5.41 Å². The van der Waals surface area contributed by atoms with Crippen molar-refractivity contribution < 1.29 is 9.47 Å². The van der Waals surface area contributed by atoms with Gasteiger partial charge in [-0.05, 0) is 40.5 Å². The molecular weight excluding hydrogens is 346 g/mol. The molecule has 0 atom stereocenters. The van der Waals surface area contributed by atoms with E-state index in [1.807, 2.05) is 6.07 Å². The summed E-state index contributed by atoms with van der Waals surface area (Å²) >= 11 is 0. The van der Waals surface area contributed by atoms with Crippen LogP contribution in [0.2, 0.25) is 0 Å². The highest BCUT2D eigenvalue weighted by atomic mass is 16.5. The highest BCUT2D eigenvalue weighted by Gasteiger charge is 2.27. The lowest BCUT2D eigenvalue weighted by molar-refractivity contribution is 0.102. The number of hydrogen-bond acceptors (Lipinski definition) is 3. The number of hydrogen-bond donors (Lipinski definition) is 1. The van der Waals surface area contributed by atoms with Crippen molar-refractivity contribution in [1.82, 2.24) is 5.32 Å². The Morgan fingerprint density at radius 1 is 0.786 bits per heavy atom. The second kappa shape index (κ2) is 10.6. The molecule has 28 heavy (non-hydrogen) atoms. The number of benzene rings is 2. The van der Waals surface area contributed by atoms with Crippen molar-refractivity contribution >= 4 is 0 Å². The van der Waals surface area contributed by atoms with Gasteiger partial charge in [0, 0.05) is 13.1 Å². The summed E-state index contributed by atoms with van der Waals surface area (Å²) in [7, 11) is 0. The zero-order chi connectivity index (χ0) is 20.5. The molecule has 0 saturated heterocycles. The van der Waals surface area contributed by atoms with Crippen LogP contribution in [-0.4, -0.2) is 26.4 Å². The third-order valence-electron chi connectivity index (χ3n) is 4.70. The summed E-state index contributed by atoms with van der Waals surface area (Å²) in [4.78, 5) is 0. The van der Waals surface area contributed by atoms with Crippen molar-refractivity contribution in [2.75, 3.05) is 26.4 Å². The smallest absolute Gasteiger partial charge is 0.119 e. The number of nitrogens with one attached hydrogen (secondary N) is 1. The Balaban J connectivity index is 1.60. The van der Waals surface area contributed by atoms with Gasteiger partial charge >= 0.3 is 0 Å². The molecule has 1 N–H and O–H groups in total. The molecule has 0 heterocycles. The van der Waals surface area contributed by atoms with Gasteiger partial charge in [0.25, 0.3) is 0 Å². The first kappa shape index (κ1) is 22.4. The quantitative estimate of drug-likeness (QED) is 0.513. The van der Waals surface area contributed by atoms with Crippen molar-refractivity contribution in [3.8, 4) is 5.75 Å². The van der Waals surface area contributed by atoms with Crippen LogP contribution in [0, 0.1) is 5.41 Å². The molecule has 3 heteroatoms. The van der Waals surface area contributed by atoms with Crippen LogP contribution >= 0.6 is 0 Å². The van der Waals surface area contributed by atoms with Crippen LogP contribution < -0.4 is 10.1 Å². The van der Waals surface area contributed by atoms with Crippen LogP contribution in [0.5, 0.6) is 5.75 Å². The Hall–Kier alpha value is -1.84. The third kappa shape index (κ3) is 8.45. The number of rotatable bonds is 11. The lowest BCUT2D eigenvalue weighted by Crippen LogP contribution is -2.24. The van der Waals surface area contributed by atoms with Crippen LogP contribution in [0.4, 0.5) is 0 Å². The van der Waals surface area contributed by atoms with Crippen molar-refractivity contribution in [2.45, 2.75) is 53.0 Å². The minimum Gasteiger partial charge on any atom is -0.491 e. The maximum Gasteiger partial charge on any atom is 0.119 e. The largest absolute Gasteiger partial charge is 0.491 e. The van der Waals surface area contributed by atoms with Crippen LogP contribution in [0.1, 0.15) is 52.2 Å². The fraction of sp³-hybridized carbons (Fsp3) is 0.520. The van der Waals surface area contributed by atoms with Gasteiger partial charge in [0.05, 0.1) is 13.2 Å². The predicted molar refractivity (Wildman–Crippen MR) is 118 cm³/mol. The summed E-state index contributed by atoms with van der Waals surface area (Å²) in [5.74, 6) is 0.904. The normalized spacial score (nSPS) is 12.2. The van der Waals surface area contributed by atoms with Gasteiger partial charge in [-0.2, -0.15) is 0 Å². The molecule has 2 aromatic carbocycles. The molecule has 0 aliphatic rings. The molecule has 0 aromatic heterocycles.